The van der Waals surface area contributed by atoms with E-state index in [0.29, 0.717) is 4.57 Å². The van der Waals surface area contributed by atoms with Crippen molar-refractivity contribution in [3.63, 3.8) is 0 Å². The second-order valence-corrected chi connectivity index (χ2v) is 15.8. The number of nitrogens with zero attached hydrogens (tertiary/aromatic N) is 6. The van der Waals surface area contributed by atoms with Crippen molar-refractivity contribution in [3.8, 4) is 51.2 Å². The number of aromatic nitrogens is 6. The molecule has 1 aliphatic rings. The lowest BCUT2D eigenvalue weighted by Gasteiger charge is -2.42. The summed E-state index contributed by atoms with van der Waals surface area (Å²) < 4.78 is 439. The van der Waals surface area contributed by atoms with Crippen LogP contribution in [0.25, 0.3) is 117 Å². The molecule has 4 heterocycles. The van der Waals surface area contributed by atoms with Gasteiger partial charge in [-0.15, -0.1) is 0 Å². The fourth-order valence-corrected chi connectivity index (χ4v) is 8.76. The Kier molecular flexibility index (Phi) is 3.42. The van der Waals surface area contributed by atoms with Gasteiger partial charge in [0.15, 0.2) is 17.5 Å². The van der Waals surface area contributed by atoms with Crippen molar-refractivity contribution < 1.29 is 64.4 Å². The first kappa shape index (κ1) is 15.7. The maximum atomic E-state index is 10.4. The molecule has 6 nitrogen and oxygen atoms in total. The minimum Gasteiger partial charge on any atom is -0.309 e. The molecule has 0 saturated heterocycles. The summed E-state index contributed by atoms with van der Waals surface area (Å²) in [6, 6.07) is -33.8. The zero-order valence-corrected chi connectivity index (χ0v) is 35.4. The molecule has 0 spiro atoms. The van der Waals surface area contributed by atoms with Gasteiger partial charge >= 0.3 is 0 Å². The highest BCUT2D eigenvalue weighted by atomic mass is 15.1. The SMILES string of the molecule is [2H]c1c([2H])c(-c2nc(-c3c(-n4c5c([2H])c([2H])c([2H])c([2H])c5c5c([2H])c([2H])c([2H])c([2H])c54)cccc3-n3c4c([2H])c([2H])c([2H])c([2H])c4c4c([2H])c([2H])c([2H])c([2H])c43)nc(-c3c([2H])c([2H])c4c(c3[2H])C(C([2H])([2H])[2H])(C([2H])([2H])[2H])C([2H])([2H])C([2H])([2H])C4(C([2H])([2H])[2H])C([2H])([2H])[2H])n2)c([2H])c(-n2c3c([2H])c([2H])c([2H])c([2H])c3c3c([2H])c([2H])c([2H])c([2H])c32)c1[2H]. The Bertz CT molecular complexity index is 6390. The van der Waals surface area contributed by atoms with Crippen molar-refractivity contribution in [2.45, 2.75) is 51.0 Å². The van der Waals surface area contributed by atoms with Crippen LogP contribution in [0.4, 0.5) is 0 Å². The molecule has 0 bridgehead atoms. The van der Waals surface area contributed by atoms with Crippen LogP contribution in [0.15, 0.2) is 206 Å². The van der Waals surface area contributed by atoms with Crippen LogP contribution < -0.4 is 0 Å². The lowest BCUT2D eigenvalue weighted by Crippen LogP contribution is -2.33. The summed E-state index contributed by atoms with van der Waals surface area (Å²) in [7, 11) is 0. The molecule has 14 rings (SSSR count). The van der Waals surface area contributed by atoms with Gasteiger partial charge in [0.25, 0.3) is 0 Å². The van der Waals surface area contributed by atoms with E-state index in [0.717, 1.165) is 27.3 Å². The van der Waals surface area contributed by atoms with E-state index in [9.17, 15) is 28.8 Å². The number of para-hydroxylation sites is 6. The minimum atomic E-state index is -5.00. The first-order chi connectivity index (χ1) is 54.2. The highest BCUT2D eigenvalue weighted by Gasteiger charge is 2.37. The molecule has 9 aromatic carbocycles. The molecular formula is C65H50N6. The molecule has 4 aromatic heterocycles. The van der Waals surface area contributed by atoms with Gasteiger partial charge in [0.05, 0.1) is 92.5 Å². The van der Waals surface area contributed by atoms with E-state index < -0.39 is 366 Å². The predicted octanol–water partition coefficient (Wildman–Crippen LogP) is 16.5. The third kappa shape index (κ3) is 6.30. The molecule has 71 heavy (non-hydrogen) atoms. The summed E-state index contributed by atoms with van der Waals surface area (Å²) in [6.07, 6.45) is -9.92. The third-order valence-corrected chi connectivity index (χ3v) is 11.7. The van der Waals surface area contributed by atoms with Crippen molar-refractivity contribution in [1.82, 2.24) is 28.7 Å². The highest BCUT2D eigenvalue weighted by Crippen LogP contribution is 2.48. The van der Waals surface area contributed by atoms with E-state index in [4.69, 9.17) is 40.6 Å². The fraction of sp³-hybridized carbons (Fsp3) is 0.123. The Balaban J connectivity index is 1.33. The average molecular weight is 962 g/mol. The zero-order chi connectivity index (χ0) is 88.2. The Labute approximate surface area is 478 Å². The molecule has 0 atom stereocenters. The van der Waals surface area contributed by atoms with Crippen LogP contribution in [0.3, 0.4) is 0 Å². The molecule has 0 unspecified atom stereocenters. The summed E-state index contributed by atoms with van der Waals surface area (Å²) in [5.41, 5.74) is -25.7. The van der Waals surface area contributed by atoms with Gasteiger partial charge in [0.1, 0.15) is 0 Å². The molecule has 0 fully saturated rings. The molecule has 0 saturated carbocycles. The quantitative estimate of drug-likeness (QED) is 0.167. The normalized spacial score (nSPS) is 25.9. The van der Waals surface area contributed by atoms with E-state index in [1.807, 2.05) is 0 Å². The van der Waals surface area contributed by atoms with Gasteiger partial charge in [-0.1, -0.05) is 166 Å². The number of hydrogen-bond donors (Lipinski definition) is 0. The summed E-state index contributed by atoms with van der Waals surface area (Å²) >= 11 is 0. The van der Waals surface area contributed by atoms with Crippen LogP contribution in [-0.4, -0.2) is 28.7 Å². The molecule has 1 aliphatic carbocycles. The van der Waals surface area contributed by atoms with Crippen molar-refractivity contribution >= 4 is 65.4 Å². The van der Waals surface area contributed by atoms with Gasteiger partial charge in [0.2, 0.25) is 0 Å². The van der Waals surface area contributed by atoms with Crippen LogP contribution in [0.5, 0.6) is 0 Å². The highest BCUT2D eigenvalue weighted by molar-refractivity contribution is 6.12. The zero-order valence-electron chi connectivity index (χ0n) is 82.4. The second kappa shape index (κ2) is 15.4. The number of hydrogen-bond acceptors (Lipinski definition) is 3. The van der Waals surface area contributed by atoms with Crippen molar-refractivity contribution in [2.24, 2.45) is 0 Å². The summed E-state index contributed by atoms with van der Waals surface area (Å²) in [5.74, 6) is -4.45. The Hall–Kier alpha value is -8.61. The minimum absolute atomic E-state index is 0.526. The van der Waals surface area contributed by atoms with Crippen LogP contribution >= 0.6 is 0 Å². The van der Waals surface area contributed by atoms with Gasteiger partial charge in [-0.2, -0.15) is 0 Å². The van der Waals surface area contributed by atoms with Crippen molar-refractivity contribution in [2.75, 3.05) is 0 Å². The smallest absolute Gasteiger partial charge is 0.168 e. The van der Waals surface area contributed by atoms with Crippen molar-refractivity contribution in [3.05, 3.63) is 217 Å². The third-order valence-electron chi connectivity index (χ3n) is 11.7. The Morgan fingerprint density at radius 1 is 0.408 bits per heavy atom. The van der Waals surface area contributed by atoms with Crippen molar-refractivity contribution in [1.29, 1.82) is 0 Å². The number of rotatable bonds is 6. The second-order valence-electron chi connectivity index (χ2n) is 15.8. The molecule has 0 amide bonds. The first-order valence-electron chi connectivity index (χ1n) is 44.3. The molecule has 6 heteroatoms. The molecule has 13 aromatic rings. The average Bonchev–Trinajstić information content (AvgIpc) is 0.909. The molecule has 0 radical (unpaired) electrons. The van der Waals surface area contributed by atoms with Crippen LogP contribution in [0.1, 0.15) is 116 Å². The Morgan fingerprint density at radius 3 is 1.25 bits per heavy atom. The van der Waals surface area contributed by atoms with E-state index >= 15 is 0 Å². The fourth-order valence-electron chi connectivity index (χ4n) is 8.76. The predicted molar refractivity (Wildman–Crippen MR) is 294 cm³/mol. The first-order valence-corrected chi connectivity index (χ1v) is 20.8. The van der Waals surface area contributed by atoms with E-state index in [1.165, 1.54) is 0 Å². The van der Waals surface area contributed by atoms with E-state index in [1.54, 1.807) is 0 Å². The van der Waals surface area contributed by atoms with E-state index in [-0.39, 0.29) is 0 Å². The van der Waals surface area contributed by atoms with Crippen LogP contribution in [0.2, 0.25) is 0 Å². The van der Waals surface area contributed by atoms with Gasteiger partial charge < -0.3 is 13.7 Å². The molecule has 340 valence electrons. The van der Waals surface area contributed by atoms with Gasteiger partial charge in [0, 0.05) is 71.1 Å². The van der Waals surface area contributed by atoms with Crippen LogP contribution in [-0.2, 0) is 10.8 Å². The lowest BCUT2D eigenvalue weighted by molar-refractivity contribution is 0.332. The van der Waals surface area contributed by atoms with Gasteiger partial charge in [-0.3, -0.25) is 0 Å². The summed E-state index contributed by atoms with van der Waals surface area (Å²) in [5, 5.41) is -4.25. The van der Waals surface area contributed by atoms with Gasteiger partial charge in [-0.05, 0) is 101 Å². The van der Waals surface area contributed by atoms with E-state index in [2.05, 4.69) is 9.97 Å². The molecule has 0 N–H and O–H groups in total. The summed E-state index contributed by atoms with van der Waals surface area (Å²) in [4.78, 5) is 13.8. The summed E-state index contributed by atoms with van der Waals surface area (Å²) in [6.45, 7) is -18.8. The number of fused-ring (bicyclic) bond motifs is 10. The maximum Gasteiger partial charge on any atom is 0.168 e. The monoisotopic (exact) mass is 962 g/mol. The maximum absolute atomic E-state index is 10.4. The molecular weight excluding hydrogens is 865 g/mol. The number of benzene rings is 9. The van der Waals surface area contributed by atoms with Crippen LogP contribution in [0, 0.1) is 0 Å². The topological polar surface area (TPSA) is 53.5 Å². The standard InChI is InChI=1S/C65H50N6/c1-64(2)37-38-65(3,4)51-40-42(35-36-50(51)64)62-66-61(41-19-17-20-43(39-41)69-52-27-11-5-21-44(52)45-22-6-12-28-53(45)69)67-63(68-62)60-58(70-54-29-13-7-23-46(54)47-24-8-14-30-55(47)70)33-18-34-59(60)71-56-31-15-9-25-48(56)49-26-10-16-32-57(49)71/h5-36,39-40H,37-38H2,1-4H3/i1D3,2D3,3D3,4D3,5D,6D,7D,8D,9D,10D,11D,12D,13D,14D,15D,16D,17D,19D,20D,21D,22D,23D,24D,25D,26D,27D,28D,29D,30D,31D,32D,35D,36D,37D2,38D2,39D,40D. The lowest BCUT2D eigenvalue weighted by atomic mass is 9.63. The molecule has 0 aliphatic heterocycles. The Morgan fingerprint density at radius 2 is 0.803 bits per heavy atom. The van der Waals surface area contributed by atoms with Gasteiger partial charge in [-0.25, -0.2) is 15.0 Å². The largest absolute Gasteiger partial charge is 0.309 e.